The zero-order valence-corrected chi connectivity index (χ0v) is 11.5. The van der Waals surface area contributed by atoms with Crippen LogP contribution in [0.5, 0.6) is 0 Å². The maximum atomic E-state index is 11.1. The van der Waals surface area contributed by atoms with Crippen LogP contribution in [0.2, 0.25) is 0 Å². The van der Waals surface area contributed by atoms with Gasteiger partial charge >= 0.3 is 5.97 Å². The summed E-state index contributed by atoms with van der Waals surface area (Å²) in [4.78, 5) is 11.1. The van der Waals surface area contributed by atoms with E-state index in [0.29, 0.717) is 0 Å². The van der Waals surface area contributed by atoms with E-state index in [0.717, 1.165) is 24.9 Å². The van der Waals surface area contributed by atoms with Gasteiger partial charge in [-0.25, -0.2) is 0 Å². The van der Waals surface area contributed by atoms with E-state index in [4.69, 9.17) is 5.11 Å². The molecule has 0 saturated carbocycles. The number of hydrogen-bond acceptors (Lipinski definition) is 2. The van der Waals surface area contributed by atoms with E-state index < -0.39 is 11.5 Å². The first-order chi connectivity index (χ1) is 8.54. The van der Waals surface area contributed by atoms with Gasteiger partial charge in [-0.3, -0.25) is 4.79 Å². The number of rotatable bonds is 7. The third-order valence-corrected chi connectivity index (χ3v) is 3.37. The molecule has 0 aliphatic rings. The highest BCUT2D eigenvalue weighted by molar-refractivity contribution is 5.69. The Morgan fingerprint density at radius 3 is 2.33 bits per heavy atom. The largest absolute Gasteiger partial charge is 0.481 e. The summed E-state index contributed by atoms with van der Waals surface area (Å²) in [5, 5.41) is 12.6. The van der Waals surface area contributed by atoms with Crippen LogP contribution >= 0.6 is 0 Å². The SMILES string of the molecule is CCCNC(CC)(CC(=O)O)c1ccc(C)cc1. The molecular weight excluding hydrogens is 226 g/mol. The van der Waals surface area contributed by atoms with Gasteiger partial charge < -0.3 is 10.4 Å². The maximum absolute atomic E-state index is 11.1. The Labute approximate surface area is 109 Å². The second-order valence-corrected chi connectivity index (χ2v) is 4.80. The molecule has 3 nitrogen and oxygen atoms in total. The number of benzene rings is 1. The molecule has 0 fully saturated rings. The standard InChI is InChI=1S/C15H23NO2/c1-4-10-16-15(5-2,11-14(17)18)13-8-6-12(3)7-9-13/h6-9,16H,4-5,10-11H2,1-3H3,(H,17,18). The van der Waals surface area contributed by atoms with E-state index in [1.165, 1.54) is 5.56 Å². The van der Waals surface area contributed by atoms with E-state index >= 15 is 0 Å². The lowest BCUT2D eigenvalue weighted by atomic mass is 9.83. The minimum Gasteiger partial charge on any atom is -0.481 e. The molecule has 0 radical (unpaired) electrons. The first-order valence-electron chi connectivity index (χ1n) is 6.58. The fraction of sp³-hybridized carbons (Fsp3) is 0.533. The van der Waals surface area contributed by atoms with Crippen LogP contribution in [0, 0.1) is 6.92 Å². The molecule has 3 heteroatoms. The Balaban J connectivity index is 3.07. The molecule has 0 aromatic heterocycles. The predicted molar refractivity (Wildman–Crippen MR) is 73.7 cm³/mol. The molecule has 100 valence electrons. The number of carboxylic acids is 1. The van der Waals surface area contributed by atoms with Crippen molar-refractivity contribution in [3.05, 3.63) is 35.4 Å². The second kappa shape index (κ2) is 6.55. The van der Waals surface area contributed by atoms with Gasteiger partial charge in [0.25, 0.3) is 0 Å². The maximum Gasteiger partial charge on any atom is 0.305 e. The summed E-state index contributed by atoms with van der Waals surface area (Å²) in [6.07, 6.45) is 1.88. The van der Waals surface area contributed by atoms with Crippen LogP contribution in [-0.2, 0) is 10.3 Å². The molecular formula is C15H23NO2. The van der Waals surface area contributed by atoms with Crippen LogP contribution < -0.4 is 5.32 Å². The Bertz CT molecular complexity index is 386. The van der Waals surface area contributed by atoms with Crippen molar-refractivity contribution >= 4 is 5.97 Å². The molecule has 0 heterocycles. The summed E-state index contributed by atoms with van der Waals surface area (Å²) in [5.74, 6) is -0.763. The highest BCUT2D eigenvalue weighted by Gasteiger charge is 2.32. The van der Waals surface area contributed by atoms with Crippen molar-refractivity contribution in [2.45, 2.75) is 45.6 Å². The van der Waals surface area contributed by atoms with E-state index in [2.05, 4.69) is 12.2 Å². The monoisotopic (exact) mass is 249 g/mol. The minimum absolute atomic E-state index is 0.118. The number of aliphatic carboxylic acids is 1. The lowest BCUT2D eigenvalue weighted by Gasteiger charge is -2.33. The molecule has 0 aliphatic carbocycles. The average molecular weight is 249 g/mol. The molecule has 0 bridgehead atoms. The fourth-order valence-corrected chi connectivity index (χ4v) is 2.22. The molecule has 2 N–H and O–H groups in total. The van der Waals surface area contributed by atoms with Crippen LogP contribution in [0.4, 0.5) is 0 Å². The molecule has 0 saturated heterocycles. The number of hydrogen-bond donors (Lipinski definition) is 2. The average Bonchev–Trinajstić information content (AvgIpc) is 2.35. The van der Waals surface area contributed by atoms with Gasteiger partial charge in [0.05, 0.1) is 12.0 Å². The van der Waals surface area contributed by atoms with Gasteiger partial charge in [-0.2, -0.15) is 0 Å². The number of aryl methyl sites for hydroxylation is 1. The van der Waals surface area contributed by atoms with Gasteiger partial charge in [0.1, 0.15) is 0 Å². The Hall–Kier alpha value is -1.35. The summed E-state index contributed by atoms with van der Waals surface area (Å²) in [6.45, 7) is 6.98. The molecule has 1 rings (SSSR count). The van der Waals surface area contributed by atoms with Gasteiger partial charge in [0.2, 0.25) is 0 Å². The van der Waals surface area contributed by atoms with Crippen LogP contribution in [0.15, 0.2) is 24.3 Å². The number of nitrogens with one attached hydrogen (secondary N) is 1. The quantitative estimate of drug-likeness (QED) is 0.780. The van der Waals surface area contributed by atoms with Crippen LogP contribution in [-0.4, -0.2) is 17.6 Å². The smallest absolute Gasteiger partial charge is 0.305 e. The van der Waals surface area contributed by atoms with Crippen molar-refractivity contribution in [3.8, 4) is 0 Å². The summed E-state index contributed by atoms with van der Waals surface area (Å²) < 4.78 is 0. The van der Waals surface area contributed by atoms with Crippen molar-refractivity contribution in [1.82, 2.24) is 5.32 Å². The highest BCUT2D eigenvalue weighted by atomic mass is 16.4. The van der Waals surface area contributed by atoms with Gasteiger partial charge in [-0.1, -0.05) is 43.7 Å². The molecule has 1 aromatic carbocycles. The van der Waals surface area contributed by atoms with Crippen molar-refractivity contribution in [2.24, 2.45) is 0 Å². The molecule has 1 atom stereocenters. The molecule has 0 amide bonds. The predicted octanol–water partition coefficient (Wildman–Crippen LogP) is 3.07. The van der Waals surface area contributed by atoms with Crippen LogP contribution in [0.25, 0.3) is 0 Å². The zero-order valence-electron chi connectivity index (χ0n) is 11.5. The Morgan fingerprint density at radius 1 is 1.28 bits per heavy atom. The summed E-state index contributed by atoms with van der Waals surface area (Å²) in [5.41, 5.74) is 1.80. The second-order valence-electron chi connectivity index (χ2n) is 4.80. The van der Waals surface area contributed by atoms with Gasteiger partial charge in [0, 0.05) is 0 Å². The number of carbonyl (C=O) groups is 1. The van der Waals surface area contributed by atoms with Crippen molar-refractivity contribution < 1.29 is 9.90 Å². The van der Waals surface area contributed by atoms with Gasteiger partial charge in [-0.15, -0.1) is 0 Å². The summed E-state index contributed by atoms with van der Waals surface area (Å²) in [7, 11) is 0. The zero-order chi connectivity index (χ0) is 13.6. The molecule has 1 aromatic rings. The van der Waals surface area contributed by atoms with E-state index in [1.807, 2.05) is 38.1 Å². The molecule has 18 heavy (non-hydrogen) atoms. The third kappa shape index (κ3) is 3.57. The van der Waals surface area contributed by atoms with Crippen molar-refractivity contribution in [3.63, 3.8) is 0 Å². The third-order valence-electron chi connectivity index (χ3n) is 3.37. The molecule has 0 aliphatic heterocycles. The first kappa shape index (κ1) is 14.7. The van der Waals surface area contributed by atoms with Crippen LogP contribution in [0.1, 0.15) is 44.2 Å². The van der Waals surface area contributed by atoms with E-state index in [9.17, 15) is 4.79 Å². The molecule has 0 spiro atoms. The Kier molecular flexibility index (Phi) is 5.35. The summed E-state index contributed by atoms with van der Waals surface area (Å²) in [6, 6.07) is 8.14. The summed E-state index contributed by atoms with van der Waals surface area (Å²) >= 11 is 0. The first-order valence-corrected chi connectivity index (χ1v) is 6.58. The van der Waals surface area contributed by atoms with E-state index in [1.54, 1.807) is 0 Å². The minimum atomic E-state index is -0.763. The van der Waals surface area contributed by atoms with Crippen LogP contribution in [0.3, 0.4) is 0 Å². The van der Waals surface area contributed by atoms with E-state index in [-0.39, 0.29) is 6.42 Å². The Morgan fingerprint density at radius 2 is 1.89 bits per heavy atom. The highest BCUT2D eigenvalue weighted by Crippen LogP contribution is 2.29. The lowest BCUT2D eigenvalue weighted by molar-refractivity contribution is -0.139. The van der Waals surface area contributed by atoms with Crippen molar-refractivity contribution in [2.75, 3.05) is 6.54 Å². The lowest BCUT2D eigenvalue weighted by Crippen LogP contribution is -2.44. The molecule has 1 unspecified atom stereocenters. The number of carboxylic acid groups (broad SMARTS) is 1. The topological polar surface area (TPSA) is 49.3 Å². The van der Waals surface area contributed by atoms with Crippen molar-refractivity contribution in [1.29, 1.82) is 0 Å². The van der Waals surface area contributed by atoms with Gasteiger partial charge in [-0.05, 0) is 31.9 Å². The normalized spacial score (nSPS) is 14.2. The fourth-order valence-electron chi connectivity index (χ4n) is 2.22. The van der Waals surface area contributed by atoms with Gasteiger partial charge in [0.15, 0.2) is 0 Å².